The van der Waals surface area contributed by atoms with Crippen LogP contribution in [0.5, 0.6) is 0 Å². The Morgan fingerprint density at radius 2 is 1.70 bits per heavy atom. The van der Waals surface area contributed by atoms with Crippen LogP contribution in [0.3, 0.4) is 0 Å². The highest BCUT2D eigenvalue weighted by atomic mass is 19.1. The maximum atomic E-state index is 14.3. The van der Waals surface area contributed by atoms with Crippen LogP contribution in [-0.4, -0.2) is 18.0 Å². The quantitative estimate of drug-likeness (QED) is 0.303. The van der Waals surface area contributed by atoms with E-state index in [1.807, 2.05) is 37.3 Å². The Hall–Kier alpha value is -3.55. The fourth-order valence-corrected chi connectivity index (χ4v) is 5.04. The Bertz CT molecular complexity index is 1350. The van der Waals surface area contributed by atoms with Gasteiger partial charge >= 0.3 is 0 Å². The van der Waals surface area contributed by atoms with Gasteiger partial charge in [-0.15, -0.1) is 0 Å². The zero-order chi connectivity index (χ0) is 26.5. The van der Waals surface area contributed by atoms with Crippen LogP contribution in [-0.2, 0) is 17.6 Å². The molecule has 0 bridgehead atoms. The lowest BCUT2D eigenvalue weighted by molar-refractivity contribution is 0.00277. The van der Waals surface area contributed by atoms with Crippen LogP contribution >= 0.6 is 0 Å². The predicted octanol–water partition coefficient (Wildman–Crippen LogP) is 7.96. The van der Waals surface area contributed by atoms with Crippen LogP contribution in [0.15, 0.2) is 66.7 Å². The number of Topliss-reactive ketones (excluding diaryl/α,β-unsaturated/α-hetero) is 1. The lowest BCUT2D eigenvalue weighted by atomic mass is 9.78. The van der Waals surface area contributed by atoms with Crippen molar-refractivity contribution in [2.24, 2.45) is 5.92 Å². The fourth-order valence-electron chi connectivity index (χ4n) is 5.04. The summed E-state index contributed by atoms with van der Waals surface area (Å²) >= 11 is 0. The van der Waals surface area contributed by atoms with Gasteiger partial charge in [-0.1, -0.05) is 61.5 Å². The molecular formula is C33H34FNO2. The molecule has 0 radical (unpaired) electrons. The van der Waals surface area contributed by atoms with Gasteiger partial charge in [-0.2, -0.15) is 5.26 Å². The average molecular weight is 496 g/mol. The van der Waals surface area contributed by atoms with Crippen molar-refractivity contribution in [1.29, 1.82) is 5.26 Å². The third-order valence-corrected chi connectivity index (χ3v) is 7.27. The molecule has 0 saturated heterocycles. The number of rotatable bonds is 9. The van der Waals surface area contributed by atoms with E-state index in [9.17, 15) is 9.18 Å². The van der Waals surface area contributed by atoms with Crippen molar-refractivity contribution in [3.63, 3.8) is 0 Å². The molecule has 0 spiro atoms. The molecule has 1 aliphatic carbocycles. The van der Waals surface area contributed by atoms with Gasteiger partial charge in [0, 0.05) is 11.5 Å². The Balaban J connectivity index is 1.49. The van der Waals surface area contributed by atoms with Gasteiger partial charge in [-0.05, 0) is 92.0 Å². The summed E-state index contributed by atoms with van der Waals surface area (Å²) < 4.78 is 20.3. The standard InChI is InChI=1S/C33H34FNO2/c1-5-22(3)37-23(4)9-10-24-11-13-25(14-12-24)18-28-17-21(2)32-29(7-6-8-30(32)33(28)36)26-15-16-27(20-35)31(34)19-26/h6-8,11-17,19,22-23,28H,5,9-10,18H2,1-4H3/t22-,23?,28?/m1/s1. The number of hydrogen-bond donors (Lipinski definition) is 0. The number of benzene rings is 3. The van der Waals surface area contributed by atoms with Gasteiger partial charge in [0.15, 0.2) is 5.78 Å². The lowest BCUT2D eigenvalue weighted by Crippen LogP contribution is -2.21. The number of ketones is 1. The molecule has 4 heteroatoms. The molecule has 1 aliphatic rings. The van der Waals surface area contributed by atoms with Crippen molar-refractivity contribution in [3.05, 3.63) is 100 Å². The molecule has 2 unspecified atom stereocenters. The zero-order valence-corrected chi connectivity index (χ0v) is 22.1. The molecule has 37 heavy (non-hydrogen) atoms. The van der Waals surface area contributed by atoms with Crippen molar-refractivity contribution in [3.8, 4) is 17.2 Å². The van der Waals surface area contributed by atoms with Crippen molar-refractivity contribution in [1.82, 2.24) is 0 Å². The first-order valence-corrected chi connectivity index (χ1v) is 13.1. The highest BCUT2D eigenvalue weighted by Crippen LogP contribution is 2.38. The van der Waals surface area contributed by atoms with Crippen LogP contribution in [0.1, 0.15) is 73.1 Å². The van der Waals surface area contributed by atoms with E-state index in [0.29, 0.717) is 17.5 Å². The van der Waals surface area contributed by atoms with Gasteiger partial charge in [0.05, 0.1) is 17.8 Å². The SMILES string of the molecule is CC[C@@H](C)OC(C)CCc1ccc(CC2C=C(C)c3c(cccc3-c3ccc(C#N)c(F)c3)C2=O)cc1. The number of carbonyl (C=O) groups excluding carboxylic acids is 1. The van der Waals surface area contributed by atoms with E-state index in [0.717, 1.165) is 41.5 Å². The second-order valence-electron chi connectivity index (χ2n) is 10.1. The largest absolute Gasteiger partial charge is 0.376 e. The Morgan fingerprint density at radius 1 is 1.00 bits per heavy atom. The monoisotopic (exact) mass is 495 g/mol. The Kier molecular flexibility index (Phi) is 8.36. The summed E-state index contributed by atoms with van der Waals surface area (Å²) in [4.78, 5) is 13.5. The number of hydrogen-bond acceptors (Lipinski definition) is 3. The third-order valence-electron chi connectivity index (χ3n) is 7.27. The number of aryl methyl sites for hydroxylation is 1. The summed E-state index contributed by atoms with van der Waals surface area (Å²) in [5, 5.41) is 9.05. The van der Waals surface area contributed by atoms with Crippen LogP contribution in [0.2, 0.25) is 0 Å². The van der Waals surface area contributed by atoms with Crippen molar-refractivity contribution in [2.45, 2.75) is 65.6 Å². The first-order valence-electron chi connectivity index (χ1n) is 13.1. The molecule has 3 aromatic carbocycles. The van der Waals surface area contributed by atoms with E-state index >= 15 is 0 Å². The molecule has 4 rings (SSSR count). The maximum Gasteiger partial charge on any atom is 0.170 e. The smallest absolute Gasteiger partial charge is 0.170 e. The fraction of sp³-hybridized carbons (Fsp3) is 0.333. The van der Waals surface area contributed by atoms with Gasteiger partial charge in [0.2, 0.25) is 0 Å². The van der Waals surface area contributed by atoms with Crippen LogP contribution < -0.4 is 0 Å². The summed E-state index contributed by atoms with van der Waals surface area (Å²) in [7, 11) is 0. The molecule has 0 saturated carbocycles. The molecule has 0 aromatic heterocycles. The minimum absolute atomic E-state index is 0.0110. The van der Waals surface area contributed by atoms with E-state index in [-0.39, 0.29) is 29.5 Å². The number of nitriles is 1. The summed E-state index contributed by atoms with van der Waals surface area (Å²) in [5.41, 5.74) is 6.39. The molecule has 190 valence electrons. The molecule has 3 aromatic rings. The number of ether oxygens (including phenoxy) is 1. The first kappa shape index (κ1) is 26.5. The van der Waals surface area contributed by atoms with Gasteiger partial charge in [0.1, 0.15) is 11.9 Å². The van der Waals surface area contributed by atoms with E-state index < -0.39 is 5.82 Å². The minimum Gasteiger partial charge on any atom is -0.376 e. The Labute approximate surface area is 219 Å². The molecule has 0 N–H and O–H groups in total. The maximum absolute atomic E-state index is 14.3. The van der Waals surface area contributed by atoms with Gasteiger partial charge in [-0.25, -0.2) is 4.39 Å². The van der Waals surface area contributed by atoms with Gasteiger partial charge in [0.25, 0.3) is 0 Å². The molecule has 0 fully saturated rings. The lowest BCUT2D eigenvalue weighted by Gasteiger charge is -2.24. The molecule has 0 amide bonds. The molecule has 3 atom stereocenters. The highest BCUT2D eigenvalue weighted by molar-refractivity contribution is 6.08. The second kappa shape index (κ2) is 11.7. The predicted molar refractivity (Wildman–Crippen MR) is 147 cm³/mol. The first-order chi connectivity index (χ1) is 17.8. The van der Waals surface area contributed by atoms with Crippen molar-refractivity contribution in [2.75, 3.05) is 0 Å². The van der Waals surface area contributed by atoms with Gasteiger partial charge < -0.3 is 4.74 Å². The van der Waals surface area contributed by atoms with Gasteiger partial charge in [-0.3, -0.25) is 4.79 Å². The third kappa shape index (κ3) is 6.06. The van der Waals surface area contributed by atoms with Crippen LogP contribution in [0.25, 0.3) is 16.7 Å². The van der Waals surface area contributed by atoms with E-state index in [1.165, 1.54) is 17.7 Å². The van der Waals surface area contributed by atoms with E-state index in [4.69, 9.17) is 10.00 Å². The number of fused-ring (bicyclic) bond motifs is 1. The number of allylic oxidation sites excluding steroid dienone is 2. The number of halogens is 1. The summed E-state index contributed by atoms with van der Waals surface area (Å²) in [6.45, 7) is 8.39. The average Bonchev–Trinajstić information content (AvgIpc) is 2.90. The van der Waals surface area contributed by atoms with E-state index in [1.54, 1.807) is 6.07 Å². The molecule has 3 nitrogen and oxygen atoms in total. The highest BCUT2D eigenvalue weighted by Gasteiger charge is 2.28. The number of nitrogens with zero attached hydrogens (tertiary/aromatic N) is 1. The summed E-state index contributed by atoms with van der Waals surface area (Å²) in [6, 6.07) is 20.6. The van der Waals surface area contributed by atoms with Crippen molar-refractivity contribution < 1.29 is 13.9 Å². The van der Waals surface area contributed by atoms with Crippen molar-refractivity contribution >= 4 is 11.4 Å². The topological polar surface area (TPSA) is 50.1 Å². The summed E-state index contributed by atoms with van der Waals surface area (Å²) in [5.74, 6) is -0.716. The van der Waals surface area contributed by atoms with Crippen LogP contribution in [0, 0.1) is 23.1 Å². The normalized spacial score (nSPS) is 16.5. The van der Waals surface area contributed by atoms with Crippen LogP contribution in [0.4, 0.5) is 4.39 Å². The second-order valence-corrected chi connectivity index (χ2v) is 10.1. The molecular weight excluding hydrogens is 461 g/mol. The Morgan fingerprint density at radius 3 is 2.38 bits per heavy atom. The molecule has 0 heterocycles. The minimum atomic E-state index is -0.555. The zero-order valence-electron chi connectivity index (χ0n) is 22.1. The van der Waals surface area contributed by atoms with E-state index in [2.05, 4.69) is 45.0 Å². The molecule has 0 aliphatic heterocycles. The number of carbonyl (C=O) groups is 1. The summed E-state index contributed by atoms with van der Waals surface area (Å²) in [6.07, 6.45) is 6.16.